The van der Waals surface area contributed by atoms with Crippen molar-refractivity contribution in [3.8, 4) is 0 Å². The van der Waals surface area contributed by atoms with E-state index in [0.717, 1.165) is 62.2 Å². The van der Waals surface area contributed by atoms with Crippen LogP contribution in [0.1, 0.15) is 5.69 Å². The highest BCUT2D eigenvalue weighted by Crippen LogP contribution is 2.15. The molecule has 1 saturated heterocycles. The number of guanidine groups is 1. The smallest absolute Gasteiger partial charge is 0.225 e. The standard InChI is InChI=1S/C19H29BrN8.HI/c1-21-18(26(3)15-17-13-16(20)14-25(17)2)24-7-8-27-9-11-28(12-10-27)19-22-5-4-6-23-19;/h4-6,13-14H,7-12,15H2,1-3H3,(H,21,24);1H. The van der Waals surface area contributed by atoms with E-state index in [-0.39, 0.29) is 24.0 Å². The lowest BCUT2D eigenvalue weighted by molar-refractivity contribution is 0.259. The van der Waals surface area contributed by atoms with Gasteiger partial charge in [-0.2, -0.15) is 0 Å². The number of halogens is 2. The van der Waals surface area contributed by atoms with Crippen LogP contribution in [-0.2, 0) is 13.6 Å². The molecule has 0 radical (unpaired) electrons. The van der Waals surface area contributed by atoms with E-state index in [4.69, 9.17) is 0 Å². The monoisotopic (exact) mass is 576 g/mol. The summed E-state index contributed by atoms with van der Waals surface area (Å²) in [6.07, 6.45) is 5.67. The van der Waals surface area contributed by atoms with Gasteiger partial charge < -0.3 is 19.7 Å². The van der Waals surface area contributed by atoms with Crippen molar-refractivity contribution in [2.24, 2.45) is 12.0 Å². The summed E-state index contributed by atoms with van der Waals surface area (Å²) in [5, 5.41) is 3.48. The lowest BCUT2D eigenvalue weighted by Crippen LogP contribution is -2.49. The fourth-order valence-electron chi connectivity index (χ4n) is 3.38. The summed E-state index contributed by atoms with van der Waals surface area (Å²) in [6, 6.07) is 3.99. The van der Waals surface area contributed by atoms with Crippen LogP contribution in [0.4, 0.5) is 5.95 Å². The maximum Gasteiger partial charge on any atom is 0.225 e. The van der Waals surface area contributed by atoms with Crippen LogP contribution in [0.2, 0.25) is 0 Å². The molecule has 160 valence electrons. The highest BCUT2D eigenvalue weighted by molar-refractivity contribution is 14.0. The molecular weight excluding hydrogens is 547 g/mol. The first-order valence-electron chi connectivity index (χ1n) is 9.53. The van der Waals surface area contributed by atoms with Crippen LogP contribution >= 0.6 is 39.9 Å². The SMILES string of the molecule is CN=C(NCCN1CCN(c2ncccn2)CC1)N(C)Cc1cc(Br)cn1C.I. The zero-order valence-corrected chi connectivity index (χ0v) is 21.2. The third-order valence-electron chi connectivity index (χ3n) is 4.97. The Hall–Kier alpha value is -1.40. The van der Waals surface area contributed by atoms with Gasteiger partial charge >= 0.3 is 0 Å². The first-order chi connectivity index (χ1) is 13.6. The number of hydrogen-bond acceptors (Lipinski definition) is 5. The molecule has 0 spiro atoms. The van der Waals surface area contributed by atoms with Gasteiger partial charge in [0.15, 0.2) is 5.96 Å². The lowest BCUT2D eigenvalue weighted by atomic mass is 10.3. The topological polar surface area (TPSA) is 64.8 Å². The maximum absolute atomic E-state index is 4.42. The van der Waals surface area contributed by atoms with Gasteiger partial charge in [0.1, 0.15) is 0 Å². The normalized spacial score (nSPS) is 15.2. The zero-order chi connectivity index (χ0) is 19.9. The summed E-state index contributed by atoms with van der Waals surface area (Å²) in [4.78, 5) is 20.0. The minimum atomic E-state index is 0. The molecule has 0 unspecified atom stereocenters. The molecular formula is C19H30BrIN8. The van der Waals surface area contributed by atoms with E-state index < -0.39 is 0 Å². The average Bonchev–Trinajstić information content (AvgIpc) is 3.03. The number of aliphatic imine (C=N–C) groups is 1. The first kappa shape index (κ1) is 23.9. The first-order valence-corrected chi connectivity index (χ1v) is 10.3. The molecule has 0 saturated carbocycles. The largest absolute Gasteiger partial charge is 0.355 e. The van der Waals surface area contributed by atoms with E-state index >= 15 is 0 Å². The van der Waals surface area contributed by atoms with Crippen molar-refractivity contribution in [2.75, 3.05) is 58.3 Å². The summed E-state index contributed by atoms with van der Waals surface area (Å²) in [6.45, 7) is 6.62. The molecule has 0 bridgehead atoms. The number of rotatable bonds is 6. The van der Waals surface area contributed by atoms with Crippen LogP contribution in [-0.4, -0.2) is 83.7 Å². The highest BCUT2D eigenvalue weighted by Gasteiger charge is 2.18. The predicted octanol–water partition coefficient (Wildman–Crippen LogP) is 2.03. The average molecular weight is 577 g/mol. The van der Waals surface area contributed by atoms with Gasteiger partial charge in [-0.15, -0.1) is 24.0 Å². The summed E-state index contributed by atoms with van der Waals surface area (Å²) < 4.78 is 3.23. The molecule has 1 fully saturated rings. The molecule has 0 amide bonds. The fraction of sp³-hybridized carbons (Fsp3) is 0.526. The Kier molecular flexibility index (Phi) is 9.63. The Morgan fingerprint density at radius 2 is 1.93 bits per heavy atom. The molecule has 10 heteroatoms. The molecule has 3 heterocycles. The summed E-state index contributed by atoms with van der Waals surface area (Å²) >= 11 is 3.53. The Balaban J connectivity index is 0.00000300. The number of anilines is 1. The van der Waals surface area contributed by atoms with E-state index in [9.17, 15) is 0 Å². The van der Waals surface area contributed by atoms with Crippen molar-refractivity contribution in [2.45, 2.75) is 6.54 Å². The lowest BCUT2D eigenvalue weighted by Gasteiger charge is -2.34. The summed E-state index contributed by atoms with van der Waals surface area (Å²) in [7, 11) is 5.96. The Morgan fingerprint density at radius 1 is 1.24 bits per heavy atom. The van der Waals surface area contributed by atoms with Crippen LogP contribution in [0, 0.1) is 0 Å². The van der Waals surface area contributed by atoms with Crippen LogP contribution in [0.15, 0.2) is 40.2 Å². The fourth-order valence-corrected chi connectivity index (χ4v) is 3.95. The molecule has 1 N–H and O–H groups in total. The van der Waals surface area contributed by atoms with Gasteiger partial charge in [0.2, 0.25) is 5.95 Å². The number of nitrogens with one attached hydrogen (secondary N) is 1. The van der Waals surface area contributed by atoms with Crippen molar-refractivity contribution in [1.29, 1.82) is 0 Å². The van der Waals surface area contributed by atoms with Crippen LogP contribution in [0.3, 0.4) is 0 Å². The second kappa shape index (κ2) is 11.7. The minimum absolute atomic E-state index is 0. The van der Waals surface area contributed by atoms with Gasteiger partial charge in [0, 0.05) is 89.2 Å². The van der Waals surface area contributed by atoms with Gasteiger partial charge in [-0.3, -0.25) is 9.89 Å². The summed E-state index contributed by atoms with van der Waals surface area (Å²) in [5.41, 5.74) is 1.23. The minimum Gasteiger partial charge on any atom is -0.355 e. The Labute approximate surface area is 198 Å². The van der Waals surface area contributed by atoms with Gasteiger partial charge in [0.25, 0.3) is 0 Å². The molecule has 2 aromatic heterocycles. The van der Waals surface area contributed by atoms with Crippen LogP contribution in [0.5, 0.6) is 0 Å². The number of aryl methyl sites for hydroxylation is 1. The van der Waals surface area contributed by atoms with Crippen molar-refractivity contribution in [3.05, 3.63) is 40.9 Å². The van der Waals surface area contributed by atoms with E-state index in [1.54, 1.807) is 12.4 Å². The van der Waals surface area contributed by atoms with Crippen molar-refractivity contribution < 1.29 is 0 Å². The number of nitrogens with zero attached hydrogens (tertiary/aromatic N) is 7. The van der Waals surface area contributed by atoms with E-state index in [1.165, 1.54) is 5.69 Å². The molecule has 0 atom stereocenters. The third kappa shape index (κ3) is 6.82. The van der Waals surface area contributed by atoms with Gasteiger partial charge in [-0.1, -0.05) is 0 Å². The second-order valence-electron chi connectivity index (χ2n) is 6.97. The van der Waals surface area contributed by atoms with Crippen molar-refractivity contribution in [3.63, 3.8) is 0 Å². The Bertz CT molecular complexity index is 774. The van der Waals surface area contributed by atoms with E-state index in [2.05, 4.69) is 81.8 Å². The van der Waals surface area contributed by atoms with Gasteiger partial charge in [-0.05, 0) is 28.1 Å². The zero-order valence-electron chi connectivity index (χ0n) is 17.3. The van der Waals surface area contributed by atoms with E-state index in [1.807, 2.05) is 13.1 Å². The quantitative estimate of drug-likeness (QED) is 0.322. The maximum atomic E-state index is 4.42. The van der Waals surface area contributed by atoms with E-state index in [0.29, 0.717) is 0 Å². The molecule has 29 heavy (non-hydrogen) atoms. The highest BCUT2D eigenvalue weighted by atomic mass is 127. The van der Waals surface area contributed by atoms with Crippen molar-refractivity contribution >= 4 is 51.8 Å². The predicted molar refractivity (Wildman–Crippen MR) is 132 cm³/mol. The molecule has 0 aromatic carbocycles. The molecule has 1 aliphatic heterocycles. The molecule has 2 aromatic rings. The van der Waals surface area contributed by atoms with Crippen LogP contribution in [0.25, 0.3) is 0 Å². The Morgan fingerprint density at radius 3 is 2.52 bits per heavy atom. The van der Waals surface area contributed by atoms with Gasteiger partial charge in [0.05, 0.1) is 6.54 Å². The van der Waals surface area contributed by atoms with Crippen molar-refractivity contribution in [1.82, 2.24) is 29.7 Å². The van der Waals surface area contributed by atoms with Gasteiger partial charge in [-0.25, -0.2) is 9.97 Å². The number of aromatic nitrogens is 3. The number of hydrogen-bond donors (Lipinski definition) is 1. The molecule has 0 aliphatic carbocycles. The number of piperazine rings is 1. The molecule has 8 nitrogen and oxygen atoms in total. The third-order valence-corrected chi connectivity index (χ3v) is 5.40. The summed E-state index contributed by atoms with van der Waals surface area (Å²) in [5.74, 6) is 1.74. The molecule has 1 aliphatic rings. The van der Waals surface area contributed by atoms with Crippen LogP contribution < -0.4 is 10.2 Å². The second-order valence-corrected chi connectivity index (χ2v) is 7.88. The molecule has 3 rings (SSSR count).